The number of hydrogen-bond donors (Lipinski definition) is 4. The molecule has 0 aliphatic carbocycles. The molecule has 0 heterocycles. The van der Waals surface area contributed by atoms with Crippen LogP contribution in [0.25, 0.3) is 0 Å². The van der Waals surface area contributed by atoms with Gasteiger partial charge in [0.1, 0.15) is 17.2 Å². The van der Waals surface area contributed by atoms with Gasteiger partial charge in [0.05, 0.1) is 0 Å². The Labute approximate surface area is 153 Å². The first kappa shape index (κ1) is 17.7. The summed E-state index contributed by atoms with van der Waals surface area (Å²) in [5.74, 6) is 0.781. The van der Waals surface area contributed by atoms with Crippen LogP contribution in [-0.4, -0.2) is 22.4 Å². The Kier molecular flexibility index (Phi) is 5.03. The van der Waals surface area contributed by atoms with E-state index >= 15 is 0 Å². The Morgan fingerprint density at radius 3 is 1.92 bits per heavy atom. The van der Waals surface area contributed by atoms with Gasteiger partial charge in [0.15, 0.2) is 0 Å². The molecule has 4 N–H and O–H groups in total. The van der Waals surface area contributed by atoms with Gasteiger partial charge in [-0.25, -0.2) is 0 Å². The molecule has 134 valence electrons. The smallest absolute Gasteiger partial charge is 0.122 e. The molecular formula is C22H23NO3. The molecule has 0 atom stereocenters. The van der Waals surface area contributed by atoms with Crippen LogP contribution in [-0.2, 0) is 12.8 Å². The minimum atomic E-state index is 0.227. The summed E-state index contributed by atoms with van der Waals surface area (Å²) in [5.41, 5.74) is 5.44. The van der Waals surface area contributed by atoms with Gasteiger partial charge in [-0.15, -0.1) is 0 Å². The molecule has 0 radical (unpaired) electrons. The van der Waals surface area contributed by atoms with Gasteiger partial charge in [0.25, 0.3) is 0 Å². The zero-order chi connectivity index (χ0) is 18.7. The van der Waals surface area contributed by atoms with E-state index in [2.05, 4.69) is 5.32 Å². The third kappa shape index (κ3) is 3.91. The zero-order valence-corrected chi connectivity index (χ0v) is 15.0. The summed E-state index contributed by atoms with van der Waals surface area (Å²) < 4.78 is 0. The summed E-state index contributed by atoms with van der Waals surface area (Å²) >= 11 is 0. The van der Waals surface area contributed by atoms with E-state index in [4.69, 9.17) is 0 Å². The van der Waals surface area contributed by atoms with Gasteiger partial charge in [-0.2, -0.15) is 0 Å². The van der Waals surface area contributed by atoms with E-state index in [-0.39, 0.29) is 17.2 Å². The highest BCUT2D eigenvalue weighted by Crippen LogP contribution is 2.32. The zero-order valence-electron chi connectivity index (χ0n) is 15.0. The Balaban J connectivity index is 1.94. The van der Waals surface area contributed by atoms with Gasteiger partial charge in [-0.3, -0.25) is 0 Å². The summed E-state index contributed by atoms with van der Waals surface area (Å²) in [4.78, 5) is 0. The van der Waals surface area contributed by atoms with Gasteiger partial charge in [-0.05, 0) is 53.9 Å². The molecule has 4 nitrogen and oxygen atoms in total. The first-order valence-electron chi connectivity index (χ1n) is 8.55. The van der Waals surface area contributed by atoms with Crippen LogP contribution in [0.3, 0.4) is 0 Å². The molecule has 26 heavy (non-hydrogen) atoms. The fourth-order valence-electron chi connectivity index (χ4n) is 3.06. The van der Waals surface area contributed by atoms with Crippen molar-refractivity contribution in [3.63, 3.8) is 0 Å². The van der Waals surface area contributed by atoms with Crippen molar-refractivity contribution in [1.82, 2.24) is 0 Å². The summed E-state index contributed by atoms with van der Waals surface area (Å²) in [6.45, 7) is 1.86. The standard InChI is InChI=1S/C22H23NO3/c1-14-9-16(5-8-21(14)25)11-18-13-19(23-2)12-17(22(18)26)10-15-3-6-20(24)7-4-15/h3-9,12-13,23-26H,10-11H2,1-2H3. The molecule has 3 aromatic rings. The number of benzene rings is 3. The summed E-state index contributed by atoms with van der Waals surface area (Å²) in [6, 6.07) is 16.4. The summed E-state index contributed by atoms with van der Waals surface area (Å²) in [6.07, 6.45) is 1.15. The van der Waals surface area contributed by atoms with Crippen molar-refractivity contribution in [2.75, 3.05) is 12.4 Å². The van der Waals surface area contributed by atoms with E-state index in [0.717, 1.165) is 33.5 Å². The lowest BCUT2D eigenvalue weighted by molar-refractivity contribution is 0.463. The van der Waals surface area contributed by atoms with Gasteiger partial charge in [0, 0.05) is 36.7 Å². The van der Waals surface area contributed by atoms with Crippen LogP contribution in [0.4, 0.5) is 5.69 Å². The first-order chi connectivity index (χ1) is 12.5. The molecule has 0 amide bonds. The minimum Gasteiger partial charge on any atom is -0.508 e. The number of phenolic OH excluding ortho intramolecular Hbond substituents is 3. The van der Waals surface area contributed by atoms with E-state index in [1.165, 1.54) is 0 Å². The second kappa shape index (κ2) is 7.40. The van der Waals surface area contributed by atoms with Crippen LogP contribution < -0.4 is 5.32 Å². The normalized spacial score (nSPS) is 10.7. The third-order valence-corrected chi connectivity index (χ3v) is 4.54. The van der Waals surface area contributed by atoms with Crippen molar-refractivity contribution in [1.29, 1.82) is 0 Å². The Morgan fingerprint density at radius 2 is 1.35 bits per heavy atom. The van der Waals surface area contributed by atoms with E-state index < -0.39 is 0 Å². The van der Waals surface area contributed by atoms with Crippen LogP contribution in [0, 0.1) is 6.92 Å². The monoisotopic (exact) mass is 349 g/mol. The lowest BCUT2D eigenvalue weighted by Gasteiger charge is -2.14. The Hall–Kier alpha value is -3.14. The lowest BCUT2D eigenvalue weighted by Crippen LogP contribution is -1.99. The van der Waals surface area contributed by atoms with Gasteiger partial charge in [0.2, 0.25) is 0 Å². The fraction of sp³-hybridized carbons (Fsp3) is 0.182. The predicted octanol–water partition coefficient (Wildman–Crippen LogP) is 4.34. The van der Waals surface area contributed by atoms with Crippen molar-refractivity contribution in [3.8, 4) is 17.2 Å². The molecule has 0 fully saturated rings. The number of hydrogen-bond acceptors (Lipinski definition) is 4. The molecule has 4 heteroatoms. The fourth-order valence-corrected chi connectivity index (χ4v) is 3.06. The van der Waals surface area contributed by atoms with Gasteiger partial charge in [-0.1, -0.05) is 24.3 Å². The second-order valence-electron chi connectivity index (χ2n) is 6.53. The van der Waals surface area contributed by atoms with E-state index in [1.54, 1.807) is 18.2 Å². The highest BCUT2D eigenvalue weighted by atomic mass is 16.3. The Morgan fingerprint density at radius 1 is 0.769 bits per heavy atom. The van der Waals surface area contributed by atoms with Crippen molar-refractivity contribution in [2.45, 2.75) is 19.8 Å². The number of rotatable bonds is 5. The molecule has 0 saturated heterocycles. The van der Waals surface area contributed by atoms with Crippen LogP contribution in [0.15, 0.2) is 54.6 Å². The van der Waals surface area contributed by atoms with Crippen molar-refractivity contribution in [3.05, 3.63) is 82.4 Å². The van der Waals surface area contributed by atoms with Gasteiger partial charge < -0.3 is 20.6 Å². The highest BCUT2D eigenvalue weighted by Gasteiger charge is 2.12. The third-order valence-electron chi connectivity index (χ3n) is 4.54. The maximum Gasteiger partial charge on any atom is 0.122 e. The highest BCUT2D eigenvalue weighted by molar-refractivity contribution is 5.57. The van der Waals surface area contributed by atoms with Crippen LogP contribution in [0.1, 0.15) is 27.8 Å². The molecule has 0 unspecified atom stereocenters. The number of aryl methyl sites for hydroxylation is 1. The van der Waals surface area contributed by atoms with Crippen LogP contribution in [0.2, 0.25) is 0 Å². The lowest BCUT2D eigenvalue weighted by atomic mass is 9.96. The van der Waals surface area contributed by atoms with Gasteiger partial charge >= 0.3 is 0 Å². The topological polar surface area (TPSA) is 72.7 Å². The SMILES string of the molecule is CNc1cc(Cc2ccc(O)cc2)c(O)c(Cc2ccc(O)c(C)c2)c1. The maximum atomic E-state index is 10.8. The minimum absolute atomic E-state index is 0.227. The quantitative estimate of drug-likeness (QED) is 0.517. The van der Waals surface area contributed by atoms with Crippen molar-refractivity contribution >= 4 is 5.69 Å². The number of phenols is 3. The largest absolute Gasteiger partial charge is 0.508 e. The molecule has 0 aromatic heterocycles. The van der Waals surface area contributed by atoms with E-state index in [0.29, 0.717) is 12.8 Å². The molecule has 0 saturated carbocycles. The van der Waals surface area contributed by atoms with Crippen molar-refractivity contribution < 1.29 is 15.3 Å². The summed E-state index contributed by atoms with van der Waals surface area (Å²) in [7, 11) is 1.85. The molecule has 0 aliphatic rings. The van der Waals surface area contributed by atoms with Crippen LogP contribution >= 0.6 is 0 Å². The van der Waals surface area contributed by atoms with Crippen LogP contribution in [0.5, 0.6) is 17.2 Å². The average molecular weight is 349 g/mol. The molecule has 3 rings (SSSR count). The first-order valence-corrected chi connectivity index (χ1v) is 8.55. The number of nitrogens with one attached hydrogen (secondary N) is 1. The number of aromatic hydroxyl groups is 3. The Bertz CT molecular complexity index is 917. The molecular weight excluding hydrogens is 326 g/mol. The maximum absolute atomic E-state index is 10.8. The van der Waals surface area contributed by atoms with E-state index in [9.17, 15) is 15.3 Å². The molecule has 0 bridgehead atoms. The van der Waals surface area contributed by atoms with Crippen molar-refractivity contribution in [2.24, 2.45) is 0 Å². The molecule has 0 aliphatic heterocycles. The average Bonchev–Trinajstić information content (AvgIpc) is 2.63. The molecule has 3 aromatic carbocycles. The second-order valence-corrected chi connectivity index (χ2v) is 6.53. The predicted molar refractivity (Wildman–Crippen MR) is 104 cm³/mol. The summed E-state index contributed by atoms with van der Waals surface area (Å²) in [5, 5.41) is 33.1. The van der Waals surface area contributed by atoms with E-state index in [1.807, 2.05) is 50.4 Å². The number of anilines is 1. The molecule has 0 spiro atoms.